The predicted octanol–water partition coefficient (Wildman–Crippen LogP) is 0.798. The van der Waals surface area contributed by atoms with Crippen molar-refractivity contribution in [1.29, 1.82) is 0 Å². The first-order chi connectivity index (χ1) is 6.80. The monoisotopic (exact) mass is 234 g/mol. The van der Waals surface area contributed by atoms with Crippen LogP contribution in [0.15, 0.2) is 0 Å². The molecule has 4 nitrogen and oxygen atoms in total. The number of nitrogens with one attached hydrogen (secondary N) is 1. The summed E-state index contributed by atoms with van der Waals surface area (Å²) in [5.74, 6) is 0.167. The van der Waals surface area contributed by atoms with Gasteiger partial charge in [-0.1, -0.05) is 6.92 Å². The lowest BCUT2D eigenvalue weighted by Gasteiger charge is -2.49. The Hall–Kier alpha value is -0.130. The van der Waals surface area contributed by atoms with Crippen LogP contribution in [0.25, 0.3) is 0 Å². The predicted molar refractivity (Wildman–Crippen MR) is 62.3 cm³/mol. The Bertz CT molecular complexity index is 305. The zero-order valence-electron chi connectivity index (χ0n) is 10.1. The molecule has 1 heterocycles. The molecule has 0 spiro atoms. The van der Waals surface area contributed by atoms with Gasteiger partial charge >= 0.3 is 0 Å². The number of rotatable bonds is 5. The molecule has 5 heteroatoms. The molecule has 1 saturated heterocycles. The standard InChI is InChI=1S/C10H22N2O2S/c1-5-10(3,4)12-7-9(8-12)11-15(13,14)6-2/h9,11H,5-8H2,1-4H3. The summed E-state index contributed by atoms with van der Waals surface area (Å²) in [7, 11) is -3.03. The number of hydrogen-bond donors (Lipinski definition) is 1. The maximum absolute atomic E-state index is 11.3. The molecule has 0 aliphatic carbocycles. The van der Waals surface area contributed by atoms with Gasteiger partial charge in [0, 0.05) is 24.7 Å². The molecule has 0 amide bonds. The molecule has 1 N–H and O–H groups in total. The quantitative estimate of drug-likeness (QED) is 0.765. The van der Waals surface area contributed by atoms with E-state index >= 15 is 0 Å². The van der Waals surface area contributed by atoms with Crippen LogP contribution in [-0.4, -0.2) is 43.7 Å². The first kappa shape index (κ1) is 12.9. The van der Waals surface area contributed by atoms with Crippen molar-refractivity contribution in [2.45, 2.75) is 45.7 Å². The highest BCUT2D eigenvalue weighted by Crippen LogP contribution is 2.24. The molecule has 0 bridgehead atoms. The third kappa shape index (κ3) is 3.16. The second kappa shape index (κ2) is 4.39. The first-order valence-electron chi connectivity index (χ1n) is 5.56. The first-order valence-corrected chi connectivity index (χ1v) is 7.21. The lowest BCUT2D eigenvalue weighted by atomic mass is 9.93. The van der Waals surface area contributed by atoms with E-state index < -0.39 is 10.0 Å². The Morgan fingerprint density at radius 2 is 1.87 bits per heavy atom. The minimum Gasteiger partial charge on any atom is -0.295 e. The molecule has 0 aromatic heterocycles. The van der Waals surface area contributed by atoms with Crippen molar-refractivity contribution in [1.82, 2.24) is 9.62 Å². The zero-order chi connectivity index (χ0) is 11.7. The van der Waals surface area contributed by atoms with Crippen molar-refractivity contribution in [3.05, 3.63) is 0 Å². The topological polar surface area (TPSA) is 49.4 Å². The summed E-state index contributed by atoms with van der Waals surface area (Å²) >= 11 is 0. The molecule has 0 unspecified atom stereocenters. The molecule has 90 valence electrons. The highest BCUT2D eigenvalue weighted by atomic mass is 32.2. The summed E-state index contributed by atoms with van der Waals surface area (Å²) in [6.07, 6.45) is 1.08. The van der Waals surface area contributed by atoms with Crippen LogP contribution in [0.1, 0.15) is 34.1 Å². The minimum absolute atomic E-state index is 0.112. The summed E-state index contributed by atoms with van der Waals surface area (Å²) < 4.78 is 25.3. The molecule has 1 aliphatic heterocycles. The van der Waals surface area contributed by atoms with E-state index in [1.807, 2.05) is 0 Å². The smallest absolute Gasteiger partial charge is 0.211 e. The molecule has 0 radical (unpaired) electrons. The van der Waals surface area contributed by atoms with Gasteiger partial charge in [0.05, 0.1) is 5.75 Å². The maximum atomic E-state index is 11.3. The van der Waals surface area contributed by atoms with E-state index in [2.05, 4.69) is 30.4 Å². The Kier molecular flexibility index (Phi) is 3.79. The van der Waals surface area contributed by atoms with Gasteiger partial charge in [-0.25, -0.2) is 13.1 Å². The van der Waals surface area contributed by atoms with Gasteiger partial charge in [0.1, 0.15) is 0 Å². The Labute approximate surface area is 93.1 Å². The van der Waals surface area contributed by atoms with Gasteiger partial charge in [-0.3, -0.25) is 4.90 Å². The number of hydrogen-bond acceptors (Lipinski definition) is 3. The second-order valence-electron chi connectivity index (χ2n) is 4.79. The van der Waals surface area contributed by atoms with E-state index in [4.69, 9.17) is 0 Å². The van der Waals surface area contributed by atoms with Crippen LogP contribution in [0.4, 0.5) is 0 Å². The summed E-state index contributed by atoms with van der Waals surface area (Å²) in [6.45, 7) is 9.87. The van der Waals surface area contributed by atoms with Crippen molar-refractivity contribution >= 4 is 10.0 Å². The minimum atomic E-state index is -3.03. The molecular weight excluding hydrogens is 212 g/mol. The van der Waals surface area contributed by atoms with Crippen LogP contribution < -0.4 is 4.72 Å². The lowest BCUT2D eigenvalue weighted by molar-refractivity contribution is 0.0293. The third-order valence-corrected chi connectivity index (χ3v) is 4.78. The maximum Gasteiger partial charge on any atom is 0.211 e. The van der Waals surface area contributed by atoms with Crippen LogP contribution in [-0.2, 0) is 10.0 Å². The van der Waals surface area contributed by atoms with E-state index in [0.717, 1.165) is 19.5 Å². The van der Waals surface area contributed by atoms with Crippen LogP contribution in [0.2, 0.25) is 0 Å². The molecule has 1 rings (SSSR count). The van der Waals surface area contributed by atoms with Crippen molar-refractivity contribution < 1.29 is 8.42 Å². The zero-order valence-corrected chi connectivity index (χ0v) is 10.9. The molecule has 1 aliphatic rings. The Morgan fingerprint density at radius 3 is 2.27 bits per heavy atom. The molecule has 15 heavy (non-hydrogen) atoms. The fourth-order valence-corrected chi connectivity index (χ4v) is 2.43. The van der Waals surface area contributed by atoms with E-state index in [1.54, 1.807) is 6.92 Å². The van der Waals surface area contributed by atoms with Crippen molar-refractivity contribution in [3.8, 4) is 0 Å². The molecule has 0 aromatic carbocycles. The van der Waals surface area contributed by atoms with Crippen LogP contribution >= 0.6 is 0 Å². The van der Waals surface area contributed by atoms with Crippen molar-refractivity contribution in [3.63, 3.8) is 0 Å². The summed E-state index contributed by atoms with van der Waals surface area (Å²) in [6, 6.07) is 0.112. The van der Waals surface area contributed by atoms with Crippen molar-refractivity contribution in [2.24, 2.45) is 0 Å². The van der Waals surface area contributed by atoms with Gasteiger partial charge < -0.3 is 0 Å². The lowest BCUT2D eigenvalue weighted by Crippen LogP contribution is -2.65. The van der Waals surface area contributed by atoms with Gasteiger partial charge in [0.25, 0.3) is 0 Å². The van der Waals surface area contributed by atoms with E-state index in [9.17, 15) is 8.42 Å². The number of likely N-dealkylation sites (tertiary alicyclic amines) is 1. The van der Waals surface area contributed by atoms with Crippen LogP contribution in [0.5, 0.6) is 0 Å². The normalized spacial score (nSPS) is 20.3. The van der Waals surface area contributed by atoms with E-state index in [0.29, 0.717) is 0 Å². The fraction of sp³-hybridized carbons (Fsp3) is 1.00. The Balaban J connectivity index is 2.39. The largest absolute Gasteiger partial charge is 0.295 e. The van der Waals surface area contributed by atoms with E-state index in [1.165, 1.54) is 0 Å². The van der Waals surface area contributed by atoms with Gasteiger partial charge in [-0.2, -0.15) is 0 Å². The second-order valence-corrected chi connectivity index (χ2v) is 6.83. The Morgan fingerprint density at radius 1 is 1.33 bits per heavy atom. The summed E-state index contributed by atoms with van der Waals surface area (Å²) in [4.78, 5) is 2.32. The van der Waals surface area contributed by atoms with E-state index in [-0.39, 0.29) is 17.3 Å². The third-order valence-electron chi connectivity index (χ3n) is 3.33. The average Bonchev–Trinajstić information content (AvgIpc) is 2.10. The van der Waals surface area contributed by atoms with Gasteiger partial charge in [0.2, 0.25) is 10.0 Å². The summed E-state index contributed by atoms with van der Waals surface area (Å²) in [5.41, 5.74) is 0.189. The van der Waals surface area contributed by atoms with Crippen molar-refractivity contribution in [2.75, 3.05) is 18.8 Å². The molecule has 0 saturated carbocycles. The molecule has 1 fully saturated rings. The molecule has 0 atom stereocenters. The van der Waals surface area contributed by atoms with Gasteiger partial charge in [-0.15, -0.1) is 0 Å². The highest BCUT2D eigenvalue weighted by Gasteiger charge is 2.37. The average molecular weight is 234 g/mol. The fourth-order valence-electron chi connectivity index (χ4n) is 1.61. The van der Waals surface area contributed by atoms with Crippen LogP contribution in [0.3, 0.4) is 0 Å². The number of sulfonamides is 1. The van der Waals surface area contributed by atoms with Gasteiger partial charge in [-0.05, 0) is 27.2 Å². The molecule has 0 aromatic rings. The molecular formula is C10H22N2O2S. The highest BCUT2D eigenvalue weighted by molar-refractivity contribution is 7.89. The SMILES string of the molecule is CCC(C)(C)N1CC(NS(=O)(=O)CC)C1. The summed E-state index contributed by atoms with van der Waals surface area (Å²) in [5, 5.41) is 0. The van der Waals surface area contributed by atoms with Crippen LogP contribution in [0, 0.1) is 0 Å². The van der Waals surface area contributed by atoms with Gasteiger partial charge in [0.15, 0.2) is 0 Å². The number of nitrogens with zero attached hydrogens (tertiary/aromatic N) is 1.